The van der Waals surface area contributed by atoms with E-state index in [1.54, 1.807) is 24.4 Å². The molecule has 3 aromatic rings. The number of thiazole rings is 1. The Hall–Kier alpha value is -4.38. The summed E-state index contributed by atoms with van der Waals surface area (Å²) in [6.07, 6.45) is -0.696. The zero-order valence-corrected chi connectivity index (χ0v) is 31.9. The number of hydrogen-bond acceptors (Lipinski definition) is 10. The molecule has 4 atom stereocenters. The smallest absolute Gasteiger partial charge is 0.328 e. The van der Waals surface area contributed by atoms with Crippen molar-refractivity contribution in [2.75, 3.05) is 32.1 Å². The van der Waals surface area contributed by atoms with Crippen molar-refractivity contribution in [3.05, 3.63) is 71.2 Å². The monoisotopic (exact) mass is 756 g/mol. The van der Waals surface area contributed by atoms with Crippen LogP contribution in [0.25, 0.3) is 0 Å². The number of methoxy groups -OCH3 is 1. The van der Waals surface area contributed by atoms with Gasteiger partial charge in [0.15, 0.2) is 5.13 Å². The molecule has 1 fully saturated rings. The van der Waals surface area contributed by atoms with Crippen LogP contribution in [-0.4, -0.2) is 101 Å². The van der Waals surface area contributed by atoms with E-state index < -0.39 is 46.1 Å². The summed E-state index contributed by atoms with van der Waals surface area (Å²) in [4.78, 5) is 59.2. The molecule has 1 aromatic heterocycles. The van der Waals surface area contributed by atoms with Gasteiger partial charge in [0, 0.05) is 25.4 Å². The number of aliphatic hydroxyl groups excluding tert-OH is 1. The number of urea groups is 1. The zero-order valence-electron chi connectivity index (χ0n) is 30.3. The Balaban J connectivity index is 1.60. The number of hydrogen-bond donors (Lipinski definition) is 3. The molecule has 282 valence electrons. The van der Waals surface area contributed by atoms with Crippen LogP contribution in [0.2, 0.25) is 0 Å². The highest BCUT2D eigenvalue weighted by Gasteiger charge is 2.45. The average Bonchev–Trinajstić information content (AvgIpc) is 3.66. The minimum absolute atomic E-state index is 0.0346. The molecule has 5 amide bonds. The van der Waals surface area contributed by atoms with E-state index in [0.29, 0.717) is 23.0 Å². The summed E-state index contributed by atoms with van der Waals surface area (Å²) in [5.41, 5.74) is 1.20. The SMILES string of the molecule is CC[C@H](C)[C@@H](C(=O)N[C@@H](Cc1ccccc1)[C@@H](O)CN(CC(C)C)S(=O)(=O)c1ccc(OC)cc1)N1CC(=O)N(Cc2csc(NC(C)=O)n2)C1=O. The van der Waals surface area contributed by atoms with E-state index >= 15 is 0 Å². The number of ether oxygens (including phenoxy) is 1. The number of rotatable bonds is 18. The van der Waals surface area contributed by atoms with Crippen LogP contribution in [0.3, 0.4) is 0 Å². The number of anilines is 1. The van der Waals surface area contributed by atoms with Crippen molar-refractivity contribution in [3.63, 3.8) is 0 Å². The molecule has 14 nitrogen and oxygen atoms in total. The van der Waals surface area contributed by atoms with Crippen molar-refractivity contribution in [2.24, 2.45) is 11.8 Å². The van der Waals surface area contributed by atoms with Gasteiger partial charge in [-0.2, -0.15) is 4.31 Å². The number of carbonyl (C=O) groups is 4. The lowest BCUT2D eigenvalue weighted by atomic mass is 9.95. The van der Waals surface area contributed by atoms with Gasteiger partial charge in [-0.25, -0.2) is 18.2 Å². The van der Waals surface area contributed by atoms with Crippen molar-refractivity contribution in [2.45, 2.75) is 77.1 Å². The molecule has 52 heavy (non-hydrogen) atoms. The first-order valence-electron chi connectivity index (χ1n) is 17.1. The standard InChI is InChI=1S/C36H48N6O8S2/c1-7-24(4)33(42-21-32(45)41(36(42)47)19-27-22-51-35(38-27)37-25(5)43)34(46)39-30(17-26-11-9-8-10-12-26)31(44)20-40(18-23(2)3)52(48,49)29-15-13-28(50-6)14-16-29/h8-16,22-24,30-31,33,44H,7,17-21H2,1-6H3,(H,39,46)(H,37,38,43)/t24-,30-,31-,33-/m0/s1. The molecule has 0 aliphatic carbocycles. The summed E-state index contributed by atoms with van der Waals surface area (Å²) < 4.78 is 34.2. The van der Waals surface area contributed by atoms with Gasteiger partial charge in [0.05, 0.1) is 36.4 Å². The maximum Gasteiger partial charge on any atom is 0.328 e. The van der Waals surface area contributed by atoms with Crippen molar-refractivity contribution in [1.29, 1.82) is 0 Å². The molecule has 16 heteroatoms. The van der Waals surface area contributed by atoms with E-state index in [0.717, 1.165) is 21.8 Å². The fraction of sp³-hybridized carbons (Fsp3) is 0.472. The van der Waals surface area contributed by atoms with Crippen LogP contribution in [0.1, 0.15) is 52.3 Å². The summed E-state index contributed by atoms with van der Waals surface area (Å²) in [6, 6.07) is 12.5. The van der Waals surface area contributed by atoms with Gasteiger partial charge in [0.1, 0.15) is 18.3 Å². The highest BCUT2D eigenvalue weighted by molar-refractivity contribution is 7.89. The minimum atomic E-state index is -4.06. The topological polar surface area (TPSA) is 179 Å². The van der Waals surface area contributed by atoms with Gasteiger partial charge in [0.25, 0.3) is 5.91 Å². The Labute approximate surface area is 309 Å². The summed E-state index contributed by atoms with van der Waals surface area (Å²) in [6.45, 7) is 8.09. The van der Waals surface area contributed by atoms with E-state index in [4.69, 9.17) is 4.74 Å². The van der Waals surface area contributed by atoms with Gasteiger partial charge in [-0.3, -0.25) is 19.3 Å². The normalized spacial score (nSPS) is 15.9. The minimum Gasteiger partial charge on any atom is -0.497 e. The van der Waals surface area contributed by atoms with Crippen molar-refractivity contribution in [3.8, 4) is 5.75 Å². The number of sulfonamides is 1. The summed E-state index contributed by atoms with van der Waals surface area (Å²) in [5, 5.41) is 19.3. The molecule has 2 aromatic carbocycles. The second kappa shape index (κ2) is 17.9. The third-order valence-electron chi connectivity index (χ3n) is 8.77. The first-order valence-corrected chi connectivity index (χ1v) is 19.5. The van der Waals surface area contributed by atoms with Gasteiger partial charge in [-0.15, -0.1) is 11.3 Å². The average molecular weight is 757 g/mol. The van der Waals surface area contributed by atoms with Crippen LogP contribution in [0.5, 0.6) is 5.75 Å². The predicted molar refractivity (Wildman–Crippen MR) is 197 cm³/mol. The van der Waals surface area contributed by atoms with Gasteiger partial charge in [-0.05, 0) is 48.1 Å². The molecule has 1 aliphatic heterocycles. The van der Waals surface area contributed by atoms with Gasteiger partial charge in [0.2, 0.25) is 21.8 Å². The number of carbonyl (C=O) groups excluding carboxylic acids is 4. The van der Waals surface area contributed by atoms with E-state index in [9.17, 15) is 32.7 Å². The number of aliphatic hydroxyl groups is 1. The van der Waals surface area contributed by atoms with Crippen LogP contribution >= 0.6 is 11.3 Å². The molecule has 3 N–H and O–H groups in total. The molecular weight excluding hydrogens is 709 g/mol. The van der Waals surface area contributed by atoms with E-state index in [-0.39, 0.29) is 55.2 Å². The quantitative estimate of drug-likeness (QED) is 0.163. The predicted octanol–water partition coefficient (Wildman–Crippen LogP) is 3.72. The number of nitrogens with one attached hydrogen (secondary N) is 2. The number of amides is 5. The first kappa shape index (κ1) is 40.4. The molecule has 1 aliphatic rings. The number of benzene rings is 2. The van der Waals surface area contributed by atoms with Crippen LogP contribution in [0, 0.1) is 11.8 Å². The maximum absolute atomic E-state index is 14.3. The maximum atomic E-state index is 14.3. The Bertz CT molecular complexity index is 1800. The highest BCUT2D eigenvalue weighted by Crippen LogP contribution is 2.26. The van der Waals surface area contributed by atoms with Crippen molar-refractivity contribution in [1.82, 2.24) is 24.4 Å². The Morgan fingerprint density at radius 3 is 2.33 bits per heavy atom. The molecule has 4 rings (SSSR count). The Morgan fingerprint density at radius 1 is 1.06 bits per heavy atom. The van der Waals surface area contributed by atoms with Crippen LogP contribution in [0.4, 0.5) is 9.93 Å². The molecule has 0 unspecified atom stereocenters. The fourth-order valence-electron chi connectivity index (χ4n) is 5.94. The van der Waals surface area contributed by atoms with E-state index in [2.05, 4.69) is 15.6 Å². The zero-order chi connectivity index (χ0) is 38.2. The number of imide groups is 1. The second-order valence-electron chi connectivity index (χ2n) is 13.3. The van der Waals surface area contributed by atoms with Gasteiger partial charge < -0.3 is 25.4 Å². The van der Waals surface area contributed by atoms with E-state index in [1.807, 2.05) is 51.1 Å². The molecule has 0 bridgehead atoms. The molecule has 0 spiro atoms. The molecule has 0 saturated carbocycles. The molecule has 2 heterocycles. The lowest BCUT2D eigenvalue weighted by Crippen LogP contribution is -2.57. The number of nitrogens with zero attached hydrogens (tertiary/aromatic N) is 4. The Kier molecular flexibility index (Phi) is 13.9. The second-order valence-corrected chi connectivity index (χ2v) is 16.1. The van der Waals surface area contributed by atoms with Crippen LogP contribution in [-0.2, 0) is 37.4 Å². The lowest BCUT2D eigenvalue weighted by molar-refractivity contribution is -0.129. The Morgan fingerprint density at radius 2 is 1.73 bits per heavy atom. The van der Waals surface area contributed by atoms with Gasteiger partial charge >= 0.3 is 6.03 Å². The largest absolute Gasteiger partial charge is 0.497 e. The van der Waals surface area contributed by atoms with Gasteiger partial charge in [-0.1, -0.05) is 64.4 Å². The fourth-order valence-corrected chi connectivity index (χ4v) is 8.31. The third-order valence-corrected chi connectivity index (χ3v) is 11.4. The summed E-state index contributed by atoms with van der Waals surface area (Å²) in [5.74, 6) is -1.35. The summed E-state index contributed by atoms with van der Waals surface area (Å²) >= 11 is 1.16. The first-order chi connectivity index (χ1) is 24.6. The number of aromatic nitrogens is 1. The molecule has 0 radical (unpaired) electrons. The third kappa shape index (κ3) is 10.1. The van der Waals surface area contributed by atoms with Crippen LogP contribution < -0.4 is 15.4 Å². The summed E-state index contributed by atoms with van der Waals surface area (Å²) in [7, 11) is -2.58. The molecule has 1 saturated heterocycles. The highest BCUT2D eigenvalue weighted by atomic mass is 32.2. The van der Waals surface area contributed by atoms with Crippen molar-refractivity contribution < 1.29 is 37.4 Å². The van der Waals surface area contributed by atoms with E-state index in [1.165, 1.54) is 35.4 Å². The molecular formula is C36H48N6O8S2. The van der Waals surface area contributed by atoms with Crippen molar-refractivity contribution >= 4 is 50.2 Å². The van der Waals surface area contributed by atoms with Crippen LogP contribution in [0.15, 0.2) is 64.9 Å². The lowest BCUT2D eigenvalue weighted by Gasteiger charge is -2.34.